The van der Waals surface area contributed by atoms with Crippen LogP contribution in [0.15, 0.2) is 42.9 Å². The Balaban J connectivity index is 2.08. The van der Waals surface area contributed by atoms with Gasteiger partial charge in [0.05, 0.1) is 23.0 Å². The van der Waals surface area contributed by atoms with Gasteiger partial charge in [0, 0.05) is 18.9 Å². The molecule has 0 saturated carbocycles. The molecule has 0 saturated heterocycles. The molecule has 7 heteroatoms. The SMILES string of the molecule is CC/C=C/C=C/CNc1nc(Nc2cnn(C(C)(C)C)c2)ncc1C=O. The van der Waals surface area contributed by atoms with E-state index in [2.05, 4.69) is 59.5 Å². The Kier molecular flexibility index (Phi) is 6.66. The van der Waals surface area contributed by atoms with Gasteiger partial charge in [0.25, 0.3) is 0 Å². The van der Waals surface area contributed by atoms with Gasteiger partial charge in [0.2, 0.25) is 5.95 Å². The van der Waals surface area contributed by atoms with E-state index in [-0.39, 0.29) is 5.54 Å². The monoisotopic (exact) mass is 354 g/mol. The van der Waals surface area contributed by atoms with Gasteiger partial charge in [-0.15, -0.1) is 0 Å². The van der Waals surface area contributed by atoms with Gasteiger partial charge in [-0.25, -0.2) is 4.98 Å². The van der Waals surface area contributed by atoms with E-state index < -0.39 is 0 Å². The zero-order valence-corrected chi connectivity index (χ0v) is 15.7. The lowest BCUT2D eigenvalue weighted by molar-refractivity contribution is 0.112. The van der Waals surface area contributed by atoms with Crippen LogP contribution in [-0.4, -0.2) is 32.6 Å². The molecule has 0 radical (unpaired) electrons. The number of hydrogen-bond donors (Lipinski definition) is 2. The van der Waals surface area contributed by atoms with Crippen LogP contribution in [0.25, 0.3) is 0 Å². The normalized spacial score (nSPS) is 12.0. The van der Waals surface area contributed by atoms with Gasteiger partial charge in [-0.05, 0) is 27.2 Å². The molecule has 2 heterocycles. The summed E-state index contributed by atoms with van der Waals surface area (Å²) in [7, 11) is 0. The van der Waals surface area contributed by atoms with Crippen LogP contribution in [0.2, 0.25) is 0 Å². The van der Waals surface area contributed by atoms with Crippen LogP contribution in [0.1, 0.15) is 44.5 Å². The molecule has 2 N–H and O–H groups in total. The molecule has 2 aromatic heterocycles. The summed E-state index contributed by atoms with van der Waals surface area (Å²) in [5.41, 5.74) is 1.10. The van der Waals surface area contributed by atoms with Gasteiger partial charge in [-0.1, -0.05) is 31.2 Å². The number of allylic oxidation sites excluding steroid dienone is 3. The highest BCUT2D eigenvalue weighted by molar-refractivity contribution is 5.82. The van der Waals surface area contributed by atoms with Gasteiger partial charge in [-0.3, -0.25) is 9.48 Å². The first kappa shape index (κ1) is 19.4. The average Bonchev–Trinajstić information content (AvgIpc) is 3.07. The second kappa shape index (κ2) is 8.94. The summed E-state index contributed by atoms with van der Waals surface area (Å²) in [6.07, 6.45) is 14.8. The first-order valence-corrected chi connectivity index (χ1v) is 8.64. The highest BCUT2D eigenvalue weighted by atomic mass is 16.1. The van der Waals surface area contributed by atoms with E-state index in [0.717, 1.165) is 18.4 Å². The summed E-state index contributed by atoms with van der Waals surface area (Å²) >= 11 is 0. The molecule has 0 aliphatic rings. The molecule has 26 heavy (non-hydrogen) atoms. The Morgan fingerprint density at radius 3 is 2.62 bits per heavy atom. The number of nitrogens with zero attached hydrogens (tertiary/aromatic N) is 4. The molecule has 0 aromatic carbocycles. The molecular weight excluding hydrogens is 328 g/mol. The van der Waals surface area contributed by atoms with E-state index in [4.69, 9.17) is 0 Å². The Morgan fingerprint density at radius 2 is 1.96 bits per heavy atom. The van der Waals surface area contributed by atoms with Crippen molar-refractivity contribution in [3.8, 4) is 0 Å². The molecule has 138 valence electrons. The van der Waals surface area contributed by atoms with Crippen LogP contribution >= 0.6 is 0 Å². The summed E-state index contributed by atoms with van der Waals surface area (Å²) in [6.45, 7) is 8.87. The van der Waals surface area contributed by atoms with Crippen molar-refractivity contribution in [1.82, 2.24) is 19.7 Å². The third kappa shape index (κ3) is 5.54. The fourth-order valence-electron chi connectivity index (χ4n) is 2.08. The molecule has 0 atom stereocenters. The van der Waals surface area contributed by atoms with Crippen molar-refractivity contribution in [2.75, 3.05) is 17.2 Å². The van der Waals surface area contributed by atoms with Crippen molar-refractivity contribution in [2.24, 2.45) is 0 Å². The molecule has 2 aromatic rings. The summed E-state index contributed by atoms with van der Waals surface area (Å²) in [5.74, 6) is 0.895. The van der Waals surface area contributed by atoms with Crippen molar-refractivity contribution < 1.29 is 4.79 Å². The van der Waals surface area contributed by atoms with Gasteiger partial charge < -0.3 is 10.6 Å². The predicted molar refractivity (Wildman–Crippen MR) is 105 cm³/mol. The maximum Gasteiger partial charge on any atom is 0.229 e. The summed E-state index contributed by atoms with van der Waals surface area (Å²) in [4.78, 5) is 19.8. The number of aromatic nitrogens is 4. The third-order valence-electron chi connectivity index (χ3n) is 3.48. The Labute approximate surface area is 154 Å². The van der Waals surface area contributed by atoms with E-state index in [1.807, 2.05) is 29.1 Å². The number of carbonyl (C=O) groups excluding carboxylic acids is 1. The molecule has 2 rings (SSSR count). The van der Waals surface area contributed by atoms with E-state index in [0.29, 0.717) is 23.9 Å². The van der Waals surface area contributed by atoms with Crippen LogP contribution in [0, 0.1) is 0 Å². The summed E-state index contributed by atoms with van der Waals surface area (Å²) < 4.78 is 1.86. The molecule has 7 nitrogen and oxygen atoms in total. The smallest absolute Gasteiger partial charge is 0.229 e. The number of nitrogens with one attached hydrogen (secondary N) is 2. The Morgan fingerprint density at radius 1 is 1.19 bits per heavy atom. The minimum absolute atomic E-state index is 0.104. The zero-order valence-electron chi connectivity index (χ0n) is 15.7. The van der Waals surface area contributed by atoms with Crippen LogP contribution in [0.5, 0.6) is 0 Å². The number of rotatable bonds is 8. The van der Waals surface area contributed by atoms with Crippen LogP contribution in [0.3, 0.4) is 0 Å². The minimum atomic E-state index is -0.104. The second-order valence-electron chi connectivity index (χ2n) is 6.73. The van der Waals surface area contributed by atoms with Crippen molar-refractivity contribution in [3.05, 3.63) is 48.5 Å². The van der Waals surface area contributed by atoms with Crippen LogP contribution in [0.4, 0.5) is 17.5 Å². The lowest BCUT2D eigenvalue weighted by atomic mass is 10.1. The van der Waals surface area contributed by atoms with E-state index in [9.17, 15) is 4.79 Å². The quantitative estimate of drug-likeness (QED) is 0.552. The van der Waals surface area contributed by atoms with Crippen molar-refractivity contribution >= 4 is 23.7 Å². The molecule has 0 amide bonds. The van der Waals surface area contributed by atoms with Crippen molar-refractivity contribution in [2.45, 2.75) is 39.7 Å². The standard InChI is InChI=1S/C19H26N6O/c1-5-6-7-8-9-10-20-17-15(14-26)11-21-18(24-17)23-16-12-22-25(13-16)19(2,3)4/h6-9,11-14H,5,10H2,1-4H3,(H2,20,21,23,24)/b7-6+,9-8+. The topological polar surface area (TPSA) is 84.7 Å². The molecule has 0 unspecified atom stereocenters. The Bertz CT molecular complexity index is 786. The molecule has 0 aliphatic heterocycles. The first-order valence-electron chi connectivity index (χ1n) is 8.64. The summed E-state index contributed by atoms with van der Waals surface area (Å²) in [5, 5.41) is 10.6. The van der Waals surface area contributed by atoms with Gasteiger partial charge in [0.1, 0.15) is 5.82 Å². The molecule has 0 fully saturated rings. The highest BCUT2D eigenvalue weighted by Gasteiger charge is 2.14. The molecule has 0 bridgehead atoms. The minimum Gasteiger partial charge on any atom is -0.366 e. The number of carbonyl (C=O) groups is 1. The van der Waals surface area contributed by atoms with E-state index >= 15 is 0 Å². The molecular formula is C19H26N6O. The van der Waals surface area contributed by atoms with E-state index in [1.54, 1.807) is 6.20 Å². The summed E-state index contributed by atoms with van der Waals surface area (Å²) in [6, 6.07) is 0. The maximum atomic E-state index is 11.2. The fraction of sp³-hybridized carbons (Fsp3) is 0.368. The lowest BCUT2D eigenvalue weighted by Crippen LogP contribution is -2.21. The fourth-order valence-corrected chi connectivity index (χ4v) is 2.08. The number of anilines is 3. The third-order valence-corrected chi connectivity index (χ3v) is 3.48. The van der Waals surface area contributed by atoms with Gasteiger partial charge >= 0.3 is 0 Å². The van der Waals surface area contributed by atoms with Crippen LogP contribution in [-0.2, 0) is 5.54 Å². The predicted octanol–water partition coefficient (Wildman–Crippen LogP) is 3.92. The maximum absolute atomic E-state index is 11.2. The Hall–Kier alpha value is -2.96. The largest absolute Gasteiger partial charge is 0.366 e. The highest BCUT2D eigenvalue weighted by Crippen LogP contribution is 2.19. The van der Waals surface area contributed by atoms with Crippen molar-refractivity contribution in [1.29, 1.82) is 0 Å². The van der Waals surface area contributed by atoms with Crippen LogP contribution < -0.4 is 10.6 Å². The second-order valence-corrected chi connectivity index (χ2v) is 6.73. The van der Waals surface area contributed by atoms with E-state index in [1.165, 1.54) is 6.20 Å². The molecule has 0 spiro atoms. The van der Waals surface area contributed by atoms with Crippen molar-refractivity contribution in [3.63, 3.8) is 0 Å². The number of hydrogen-bond acceptors (Lipinski definition) is 6. The first-order chi connectivity index (χ1) is 12.4. The molecule has 0 aliphatic carbocycles. The lowest BCUT2D eigenvalue weighted by Gasteiger charge is -2.18. The number of aldehydes is 1. The zero-order chi connectivity index (χ0) is 19.0. The van der Waals surface area contributed by atoms with Gasteiger partial charge in [0.15, 0.2) is 6.29 Å². The van der Waals surface area contributed by atoms with Gasteiger partial charge in [-0.2, -0.15) is 10.1 Å². The average molecular weight is 354 g/mol.